The molecule has 0 saturated carbocycles. The molecule has 0 spiro atoms. The number of nitrogens with one attached hydrogen (secondary N) is 1. The summed E-state index contributed by atoms with van der Waals surface area (Å²) in [6.07, 6.45) is 1.97. The Morgan fingerprint density at radius 3 is 3.00 bits per heavy atom. The number of hydrogen-bond donors (Lipinski definition) is 2. The zero-order valence-corrected chi connectivity index (χ0v) is 11.9. The maximum absolute atomic E-state index is 12.0. The first kappa shape index (κ1) is 14.9. The van der Waals surface area contributed by atoms with E-state index in [-0.39, 0.29) is 5.91 Å². The van der Waals surface area contributed by atoms with E-state index < -0.39 is 6.04 Å². The molecular weight excluding hydrogens is 274 g/mol. The van der Waals surface area contributed by atoms with Crippen LogP contribution >= 0.6 is 0 Å². The molecule has 0 aliphatic rings. The van der Waals surface area contributed by atoms with E-state index in [0.717, 1.165) is 0 Å². The number of anilines is 1. The summed E-state index contributed by atoms with van der Waals surface area (Å²) in [7, 11) is 1.60. The third-order valence-corrected chi connectivity index (χ3v) is 2.78. The van der Waals surface area contributed by atoms with Gasteiger partial charge in [-0.3, -0.25) is 4.79 Å². The fourth-order valence-electron chi connectivity index (χ4n) is 1.62. The van der Waals surface area contributed by atoms with Crippen LogP contribution in [0, 0.1) is 0 Å². The van der Waals surface area contributed by atoms with Crippen LogP contribution in [0.25, 0.3) is 0 Å². The smallest absolute Gasteiger partial charge is 0.253 e. The Morgan fingerprint density at radius 2 is 2.33 bits per heavy atom. The van der Waals surface area contributed by atoms with E-state index in [0.29, 0.717) is 36.1 Å². The summed E-state index contributed by atoms with van der Waals surface area (Å²) < 4.78 is 10.1. The van der Waals surface area contributed by atoms with Gasteiger partial charge in [-0.2, -0.15) is 4.98 Å². The Bertz CT molecular complexity index is 596. The van der Waals surface area contributed by atoms with Crippen molar-refractivity contribution in [3.63, 3.8) is 0 Å². The minimum atomic E-state index is -0.404. The Balaban J connectivity index is 1.97. The fourth-order valence-corrected chi connectivity index (χ4v) is 1.62. The number of ether oxygens (including phenoxy) is 1. The van der Waals surface area contributed by atoms with Crippen LogP contribution in [0.5, 0.6) is 0 Å². The lowest BCUT2D eigenvalue weighted by molar-refractivity contribution is 0.0932. The first-order valence-corrected chi connectivity index (χ1v) is 6.44. The van der Waals surface area contributed by atoms with E-state index in [9.17, 15) is 4.79 Å². The molecule has 0 radical (unpaired) electrons. The molecule has 0 fully saturated rings. The second-order valence-corrected chi connectivity index (χ2v) is 4.46. The lowest BCUT2D eigenvalue weighted by Gasteiger charge is -2.09. The van der Waals surface area contributed by atoms with Gasteiger partial charge in [0, 0.05) is 19.7 Å². The van der Waals surface area contributed by atoms with Crippen molar-refractivity contribution in [1.82, 2.24) is 20.4 Å². The number of amides is 1. The van der Waals surface area contributed by atoms with Crippen molar-refractivity contribution < 1.29 is 14.1 Å². The van der Waals surface area contributed by atoms with Crippen molar-refractivity contribution in [1.29, 1.82) is 0 Å². The number of nitrogens with zero attached hydrogens (tertiary/aromatic N) is 3. The first-order valence-electron chi connectivity index (χ1n) is 6.44. The van der Waals surface area contributed by atoms with Crippen molar-refractivity contribution in [3.05, 3.63) is 35.6 Å². The van der Waals surface area contributed by atoms with Gasteiger partial charge in [0.25, 0.3) is 5.91 Å². The van der Waals surface area contributed by atoms with E-state index in [1.54, 1.807) is 26.2 Å². The summed E-state index contributed by atoms with van der Waals surface area (Å²) in [5.41, 5.74) is 5.89. The highest BCUT2D eigenvalue weighted by Gasteiger charge is 2.17. The molecule has 2 aromatic heterocycles. The summed E-state index contributed by atoms with van der Waals surface area (Å²) in [5.74, 6) is 0.964. The van der Waals surface area contributed by atoms with Gasteiger partial charge < -0.3 is 20.3 Å². The molecule has 0 aliphatic carbocycles. The van der Waals surface area contributed by atoms with Gasteiger partial charge in [-0.1, -0.05) is 5.16 Å². The molecule has 0 bridgehead atoms. The van der Waals surface area contributed by atoms with Gasteiger partial charge in [0.1, 0.15) is 11.9 Å². The zero-order chi connectivity index (χ0) is 15.2. The molecule has 112 valence electrons. The predicted octanol–water partition coefficient (Wildman–Crippen LogP) is 0.727. The second-order valence-electron chi connectivity index (χ2n) is 4.46. The van der Waals surface area contributed by atoms with Gasteiger partial charge >= 0.3 is 0 Å². The van der Waals surface area contributed by atoms with Gasteiger partial charge in [-0.15, -0.1) is 0 Å². The number of nitrogen functional groups attached to an aromatic ring is 1. The van der Waals surface area contributed by atoms with Gasteiger partial charge in [0.2, 0.25) is 5.89 Å². The summed E-state index contributed by atoms with van der Waals surface area (Å²) in [5, 5.41) is 6.57. The molecule has 2 heterocycles. The lowest BCUT2D eigenvalue weighted by atomic mass is 10.2. The number of hydrogen-bond acceptors (Lipinski definition) is 7. The van der Waals surface area contributed by atoms with Crippen LogP contribution in [0.3, 0.4) is 0 Å². The molecule has 0 saturated heterocycles. The maximum Gasteiger partial charge on any atom is 0.253 e. The first-order chi connectivity index (χ1) is 10.1. The highest BCUT2D eigenvalue weighted by molar-refractivity contribution is 5.94. The third-order valence-electron chi connectivity index (χ3n) is 2.78. The summed E-state index contributed by atoms with van der Waals surface area (Å²) in [4.78, 5) is 20.1. The molecule has 8 heteroatoms. The molecule has 21 heavy (non-hydrogen) atoms. The molecule has 0 aliphatic heterocycles. The van der Waals surface area contributed by atoms with Crippen LogP contribution in [0.4, 0.5) is 5.82 Å². The van der Waals surface area contributed by atoms with Crippen molar-refractivity contribution in [2.24, 2.45) is 0 Å². The Hall–Kier alpha value is -2.48. The van der Waals surface area contributed by atoms with Gasteiger partial charge in [0.15, 0.2) is 5.82 Å². The van der Waals surface area contributed by atoms with Crippen molar-refractivity contribution in [2.45, 2.75) is 19.4 Å². The van der Waals surface area contributed by atoms with E-state index in [1.807, 2.05) is 0 Å². The molecule has 1 amide bonds. The van der Waals surface area contributed by atoms with Crippen LogP contribution < -0.4 is 11.1 Å². The monoisotopic (exact) mass is 291 g/mol. The average Bonchev–Trinajstić information content (AvgIpc) is 2.94. The maximum atomic E-state index is 12.0. The minimum absolute atomic E-state index is 0.286. The third kappa shape index (κ3) is 3.99. The lowest BCUT2D eigenvalue weighted by Crippen LogP contribution is -2.27. The highest BCUT2D eigenvalue weighted by atomic mass is 16.5. The number of aromatic nitrogens is 3. The van der Waals surface area contributed by atoms with Crippen LogP contribution in [0.2, 0.25) is 0 Å². The number of pyridine rings is 1. The molecule has 1 atom stereocenters. The van der Waals surface area contributed by atoms with Crippen LogP contribution in [0.15, 0.2) is 22.9 Å². The van der Waals surface area contributed by atoms with Crippen LogP contribution in [-0.2, 0) is 11.2 Å². The number of rotatable bonds is 6. The number of methoxy groups -OCH3 is 1. The molecule has 2 rings (SSSR count). The number of carbonyl (C=O) groups is 1. The van der Waals surface area contributed by atoms with Crippen molar-refractivity contribution >= 4 is 11.7 Å². The topological polar surface area (TPSA) is 116 Å². The molecule has 8 nitrogen and oxygen atoms in total. The second kappa shape index (κ2) is 6.80. The average molecular weight is 291 g/mol. The van der Waals surface area contributed by atoms with Crippen molar-refractivity contribution in [3.8, 4) is 0 Å². The Kier molecular flexibility index (Phi) is 4.83. The minimum Gasteiger partial charge on any atom is -0.384 e. The van der Waals surface area contributed by atoms with E-state index in [2.05, 4.69) is 20.4 Å². The van der Waals surface area contributed by atoms with Crippen LogP contribution in [0.1, 0.15) is 35.0 Å². The fraction of sp³-hybridized carbons (Fsp3) is 0.385. The number of carbonyl (C=O) groups excluding carboxylic acids is 1. The molecule has 0 aromatic carbocycles. The summed E-state index contributed by atoms with van der Waals surface area (Å²) in [6.45, 7) is 2.27. The molecule has 3 N–H and O–H groups in total. The SMILES string of the molecule is COCCc1noc([C@H](C)NC(=O)c2ccc(N)nc2)n1. The quantitative estimate of drug-likeness (QED) is 0.805. The highest BCUT2D eigenvalue weighted by Crippen LogP contribution is 2.11. The summed E-state index contributed by atoms with van der Waals surface area (Å²) in [6, 6.07) is 2.76. The number of nitrogens with two attached hydrogens (primary N) is 1. The van der Waals surface area contributed by atoms with Crippen LogP contribution in [-0.4, -0.2) is 34.7 Å². The van der Waals surface area contributed by atoms with E-state index in [1.165, 1.54) is 6.20 Å². The predicted molar refractivity (Wildman–Crippen MR) is 74.4 cm³/mol. The van der Waals surface area contributed by atoms with Crippen molar-refractivity contribution in [2.75, 3.05) is 19.5 Å². The standard InChI is InChI=1S/C13H17N5O3/c1-8(13-17-11(18-21-13)5-6-20-2)16-12(19)9-3-4-10(14)15-7-9/h3-4,7-8H,5-6H2,1-2H3,(H2,14,15)(H,16,19)/t8-/m0/s1. The zero-order valence-electron chi connectivity index (χ0n) is 11.9. The Labute approximate surface area is 121 Å². The van der Waals surface area contributed by atoms with Gasteiger partial charge in [-0.05, 0) is 19.1 Å². The largest absolute Gasteiger partial charge is 0.384 e. The van der Waals surface area contributed by atoms with E-state index >= 15 is 0 Å². The Morgan fingerprint density at radius 1 is 1.52 bits per heavy atom. The molecule has 0 unspecified atom stereocenters. The normalized spacial score (nSPS) is 12.1. The van der Waals surface area contributed by atoms with E-state index in [4.69, 9.17) is 15.0 Å². The molecular formula is C13H17N5O3. The van der Waals surface area contributed by atoms with Gasteiger partial charge in [-0.25, -0.2) is 4.98 Å². The summed E-state index contributed by atoms with van der Waals surface area (Å²) >= 11 is 0. The van der Waals surface area contributed by atoms with Gasteiger partial charge in [0.05, 0.1) is 12.2 Å². The molecule has 2 aromatic rings.